The molecule has 1 amide bonds. The van der Waals surface area contributed by atoms with Crippen molar-refractivity contribution in [3.05, 3.63) is 28.3 Å². The molecule has 0 aliphatic heterocycles. The maximum Gasteiger partial charge on any atom is 0.262 e. The van der Waals surface area contributed by atoms with Gasteiger partial charge in [0.25, 0.3) is 5.91 Å². The molecule has 0 heterocycles. The van der Waals surface area contributed by atoms with E-state index in [0.717, 1.165) is 0 Å². The number of halogens is 1. The number of nitrogens with one attached hydrogen (secondary N) is 1. The van der Waals surface area contributed by atoms with Gasteiger partial charge in [-0.15, -0.1) is 0 Å². The number of methoxy groups -OCH3 is 1. The van der Waals surface area contributed by atoms with Gasteiger partial charge in [0.05, 0.1) is 18.2 Å². The number of nitriles is 1. The van der Waals surface area contributed by atoms with Crippen LogP contribution in [0.5, 0.6) is 11.5 Å². The summed E-state index contributed by atoms with van der Waals surface area (Å²) >= 11 is 6.23. The average Bonchev–Trinajstić information content (AvgIpc) is 2.45. The van der Waals surface area contributed by atoms with Crippen LogP contribution in [0.4, 0.5) is 0 Å². The topological polar surface area (TPSA) is 71.3 Å². The zero-order valence-electron chi connectivity index (χ0n) is 13.9. The summed E-state index contributed by atoms with van der Waals surface area (Å²) < 4.78 is 10.9. The normalized spacial score (nSPS) is 11.3. The van der Waals surface area contributed by atoms with Gasteiger partial charge in [-0.3, -0.25) is 4.79 Å². The van der Waals surface area contributed by atoms with E-state index in [2.05, 4.69) is 5.32 Å². The molecule has 0 saturated carbocycles. The van der Waals surface area contributed by atoms with Gasteiger partial charge in [0, 0.05) is 6.04 Å². The molecular weight excluding hydrogens is 316 g/mol. The lowest BCUT2D eigenvalue weighted by molar-refractivity contribution is -0.117. The Morgan fingerprint density at radius 2 is 2.00 bits per heavy atom. The fraction of sp³-hybridized carbons (Fsp3) is 0.412. The first kappa shape index (κ1) is 18.9. The lowest BCUT2D eigenvalue weighted by Gasteiger charge is -2.15. The molecule has 0 bridgehead atoms. The van der Waals surface area contributed by atoms with Crippen molar-refractivity contribution >= 4 is 23.6 Å². The Hall–Kier alpha value is -2.19. The third-order valence-corrected chi connectivity index (χ3v) is 2.98. The van der Waals surface area contributed by atoms with Gasteiger partial charge in [-0.1, -0.05) is 11.6 Å². The van der Waals surface area contributed by atoms with Gasteiger partial charge in [-0.25, -0.2) is 0 Å². The van der Waals surface area contributed by atoms with Crippen LogP contribution in [-0.2, 0) is 4.79 Å². The predicted molar refractivity (Wildman–Crippen MR) is 90.6 cm³/mol. The first-order valence-corrected chi connectivity index (χ1v) is 7.63. The van der Waals surface area contributed by atoms with E-state index in [1.54, 1.807) is 12.1 Å². The number of amides is 1. The van der Waals surface area contributed by atoms with E-state index in [1.807, 2.05) is 33.8 Å². The van der Waals surface area contributed by atoms with E-state index < -0.39 is 5.91 Å². The number of nitrogens with zero attached hydrogens (tertiary/aromatic N) is 1. The zero-order valence-corrected chi connectivity index (χ0v) is 14.7. The Kier molecular flexibility index (Phi) is 6.92. The Balaban J connectivity index is 3.23. The second kappa shape index (κ2) is 8.44. The summed E-state index contributed by atoms with van der Waals surface area (Å²) in [5.74, 6) is 0.450. The summed E-state index contributed by atoms with van der Waals surface area (Å²) in [5.41, 5.74) is 0.577. The molecule has 23 heavy (non-hydrogen) atoms. The predicted octanol–water partition coefficient (Wildman–Crippen LogP) is 3.57. The molecule has 0 spiro atoms. The molecule has 0 aliphatic carbocycles. The van der Waals surface area contributed by atoms with Gasteiger partial charge in [-0.2, -0.15) is 5.26 Å². The van der Waals surface area contributed by atoms with Crippen molar-refractivity contribution in [1.82, 2.24) is 5.32 Å². The SMILES string of the molecule is COc1cc(/C=C(\C#N)C(=O)NC(C)C)cc(Cl)c1OC(C)C. The van der Waals surface area contributed by atoms with Crippen LogP contribution in [0.25, 0.3) is 6.08 Å². The van der Waals surface area contributed by atoms with Crippen LogP contribution < -0.4 is 14.8 Å². The summed E-state index contributed by atoms with van der Waals surface area (Å²) in [4.78, 5) is 12.0. The molecule has 1 N–H and O–H groups in total. The number of hydrogen-bond donors (Lipinski definition) is 1. The standard InChI is InChI=1S/C17H21ClN2O3/c1-10(2)20-17(21)13(9-19)6-12-7-14(18)16(23-11(3)4)15(8-12)22-5/h6-8,10-11H,1-5H3,(H,20,21)/b13-6+. The molecule has 0 atom stereocenters. The van der Waals surface area contributed by atoms with E-state index in [1.165, 1.54) is 13.2 Å². The van der Waals surface area contributed by atoms with Crippen LogP contribution in [0.2, 0.25) is 5.02 Å². The largest absolute Gasteiger partial charge is 0.493 e. The fourth-order valence-electron chi connectivity index (χ4n) is 1.83. The number of rotatable bonds is 6. The Morgan fingerprint density at radius 3 is 2.48 bits per heavy atom. The molecule has 1 rings (SSSR count). The quantitative estimate of drug-likeness (QED) is 0.636. The van der Waals surface area contributed by atoms with E-state index in [0.29, 0.717) is 22.1 Å². The first-order chi connectivity index (χ1) is 10.8. The first-order valence-electron chi connectivity index (χ1n) is 7.25. The van der Waals surface area contributed by atoms with Gasteiger partial charge in [0.15, 0.2) is 11.5 Å². The second-order valence-electron chi connectivity index (χ2n) is 5.50. The van der Waals surface area contributed by atoms with E-state index in [9.17, 15) is 10.1 Å². The Bertz CT molecular complexity index is 646. The van der Waals surface area contributed by atoms with Crippen molar-refractivity contribution in [2.45, 2.75) is 39.8 Å². The Morgan fingerprint density at radius 1 is 1.35 bits per heavy atom. The summed E-state index contributed by atoms with van der Waals surface area (Å²) in [6.45, 7) is 7.41. The highest BCUT2D eigenvalue weighted by atomic mass is 35.5. The fourth-order valence-corrected chi connectivity index (χ4v) is 2.09. The monoisotopic (exact) mass is 336 g/mol. The lowest BCUT2D eigenvalue weighted by atomic mass is 10.1. The second-order valence-corrected chi connectivity index (χ2v) is 5.91. The number of benzene rings is 1. The highest BCUT2D eigenvalue weighted by molar-refractivity contribution is 6.32. The van der Waals surface area contributed by atoms with Crippen molar-refractivity contribution in [2.75, 3.05) is 7.11 Å². The van der Waals surface area contributed by atoms with Crippen LogP contribution in [0.1, 0.15) is 33.3 Å². The molecule has 0 aromatic heterocycles. The van der Waals surface area contributed by atoms with Gasteiger partial charge >= 0.3 is 0 Å². The average molecular weight is 337 g/mol. The Labute approximate surface area is 141 Å². The van der Waals surface area contributed by atoms with Crippen molar-refractivity contribution in [3.63, 3.8) is 0 Å². The summed E-state index contributed by atoms with van der Waals surface area (Å²) in [6.07, 6.45) is 1.40. The summed E-state index contributed by atoms with van der Waals surface area (Å²) in [5, 5.41) is 12.2. The third-order valence-electron chi connectivity index (χ3n) is 2.70. The zero-order chi connectivity index (χ0) is 17.6. The molecule has 6 heteroatoms. The molecule has 0 radical (unpaired) electrons. The van der Waals surface area contributed by atoms with E-state index in [4.69, 9.17) is 21.1 Å². The van der Waals surface area contributed by atoms with Crippen LogP contribution >= 0.6 is 11.6 Å². The molecule has 1 aromatic rings. The van der Waals surface area contributed by atoms with Crippen molar-refractivity contribution in [1.29, 1.82) is 5.26 Å². The van der Waals surface area contributed by atoms with Crippen molar-refractivity contribution < 1.29 is 14.3 Å². The summed E-state index contributed by atoms with van der Waals surface area (Å²) in [6, 6.07) is 5.13. The van der Waals surface area contributed by atoms with Gasteiger partial charge in [0.2, 0.25) is 0 Å². The van der Waals surface area contributed by atoms with E-state index >= 15 is 0 Å². The minimum atomic E-state index is -0.430. The van der Waals surface area contributed by atoms with E-state index in [-0.39, 0.29) is 17.7 Å². The minimum absolute atomic E-state index is 0.00523. The number of ether oxygens (including phenoxy) is 2. The third kappa shape index (κ3) is 5.50. The molecule has 0 fully saturated rings. The van der Waals surface area contributed by atoms with Crippen molar-refractivity contribution in [2.24, 2.45) is 0 Å². The maximum absolute atomic E-state index is 12.0. The van der Waals surface area contributed by atoms with Gasteiger partial charge in [0.1, 0.15) is 11.6 Å². The lowest BCUT2D eigenvalue weighted by Crippen LogP contribution is -2.30. The molecule has 0 unspecified atom stereocenters. The van der Waals surface area contributed by atoms with Crippen molar-refractivity contribution in [3.8, 4) is 17.6 Å². The van der Waals surface area contributed by atoms with Crippen LogP contribution in [0, 0.1) is 11.3 Å². The number of carbonyl (C=O) groups excluding carboxylic acids is 1. The molecule has 5 nitrogen and oxygen atoms in total. The molecular formula is C17H21ClN2O3. The van der Waals surface area contributed by atoms with Crippen LogP contribution in [-0.4, -0.2) is 25.2 Å². The maximum atomic E-state index is 12.0. The van der Waals surface area contributed by atoms with Gasteiger partial charge < -0.3 is 14.8 Å². The minimum Gasteiger partial charge on any atom is -0.493 e. The number of carbonyl (C=O) groups is 1. The van der Waals surface area contributed by atoms with Gasteiger partial charge in [-0.05, 0) is 51.5 Å². The highest BCUT2D eigenvalue weighted by Crippen LogP contribution is 2.37. The molecule has 0 aliphatic rings. The number of hydrogen-bond acceptors (Lipinski definition) is 4. The molecule has 124 valence electrons. The van der Waals surface area contributed by atoms with Crippen LogP contribution in [0.3, 0.4) is 0 Å². The highest BCUT2D eigenvalue weighted by Gasteiger charge is 2.15. The van der Waals surface area contributed by atoms with Crippen LogP contribution in [0.15, 0.2) is 17.7 Å². The molecule has 0 saturated heterocycles. The summed E-state index contributed by atoms with van der Waals surface area (Å²) in [7, 11) is 1.50. The smallest absolute Gasteiger partial charge is 0.262 e. The molecule has 1 aromatic carbocycles.